The summed E-state index contributed by atoms with van der Waals surface area (Å²) in [5.74, 6) is -2.74. The summed E-state index contributed by atoms with van der Waals surface area (Å²) in [7, 11) is 0. The van der Waals surface area contributed by atoms with Crippen LogP contribution in [0.2, 0.25) is 0 Å². The Labute approximate surface area is 217 Å². The number of nitrogens with one attached hydrogen (secondary N) is 5. The van der Waals surface area contributed by atoms with E-state index < -0.39 is 17.7 Å². The zero-order valence-corrected chi connectivity index (χ0v) is 21.9. The summed E-state index contributed by atoms with van der Waals surface area (Å²) in [6.07, 6.45) is 3.03. The van der Waals surface area contributed by atoms with Gasteiger partial charge in [-0.1, -0.05) is 27.2 Å². The van der Waals surface area contributed by atoms with E-state index in [1.165, 1.54) is 4.90 Å². The van der Waals surface area contributed by atoms with E-state index in [4.69, 9.17) is 0 Å². The highest BCUT2D eigenvalue weighted by Gasteiger charge is 2.39. The van der Waals surface area contributed by atoms with Crippen molar-refractivity contribution in [2.45, 2.75) is 59.3 Å². The molecule has 13 nitrogen and oxygen atoms in total. The maximum absolute atomic E-state index is 12.3. The third-order valence-electron chi connectivity index (χ3n) is 5.73. The van der Waals surface area contributed by atoms with Crippen LogP contribution < -0.4 is 26.6 Å². The van der Waals surface area contributed by atoms with Gasteiger partial charge in [-0.05, 0) is 25.2 Å². The van der Waals surface area contributed by atoms with E-state index in [2.05, 4.69) is 26.6 Å². The summed E-state index contributed by atoms with van der Waals surface area (Å²) in [6, 6.07) is 0. The number of carbonyl (C=O) groups excluding carboxylic acids is 7. The lowest BCUT2D eigenvalue weighted by molar-refractivity contribution is -0.140. The van der Waals surface area contributed by atoms with Gasteiger partial charge in [0.15, 0.2) is 0 Å². The van der Waals surface area contributed by atoms with Crippen molar-refractivity contribution in [3.05, 3.63) is 0 Å². The monoisotopic (exact) mass is 524 g/mol. The van der Waals surface area contributed by atoms with Crippen LogP contribution in [-0.4, -0.2) is 85.5 Å². The fourth-order valence-corrected chi connectivity index (χ4v) is 3.51. The molecule has 1 unspecified atom stereocenters. The first kappa shape index (κ1) is 31.5. The lowest BCUT2D eigenvalue weighted by Gasteiger charge is -2.16. The van der Waals surface area contributed by atoms with Crippen LogP contribution in [0.4, 0.5) is 0 Å². The zero-order valence-electron chi connectivity index (χ0n) is 21.9. The summed E-state index contributed by atoms with van der Waals surface area (Å²) in [5.41, 5.74) is 0. The summed E-state index contributed by atoms with van der Waals surface area (Å²) in [5, 5.41) is 12.1. The first-order chi connectivity index (χ1) is 17.5. The Morgan fingerprint density at radius 2 is 1.24 bits per heavy atom. The maximum Gasteiger partial charge on any atom is 0.239 e. The Bertz CT molecular complexity index is 845. The highest BCUT2D eigenvalue weighted by Crippen LogP contribution is 2.26. The number of imide groups is 1. The predicted molar refractivity (Wildman–Crippen MR) is 133 cm³/mol. The molecular formula is C24H40N6O7. The predicted octanol–water partition coefficient (Wildman–Crippen LogP) is -1.43. The topological polar surface area (TPSA) is 183 Å². The van der Waals surface area contributed by atoms with Gasteiger partial charge in [0.1, 0.15) is 0 Å². The number of likely N-dealkylation sites (tertiary alicyclic amines) is 1. The molecule has 1 saturated heterocycles. The minimum absolute atomic E-state index is 0.118. The Kier molecular flexibility index (Phi) is 14.5. The highest BCUT2D eigenvalue weighted by molar-refractivity contribution is 6.03. The number of hydrogen-bond acceptors (Lipinski definition) is 7. The van der Waals surface area contributed by atoms with Crippen molar-refractivity contribution >= 4 is 41.4 Å². The van der Waals surface area contributed by atoms with E-state index in [0.717, 1.165) is 6.42 Å². The molecule has 1 fully saturated rings. The molecular weight excluding hydrogens is 484 g/mol. The van der Waals surface area contributed by atoms with Crippen LogP contribution in [0.1, 0.15) is 59.3 Å². The van der Waals surface area contributed by atoms with Gasteiger partial charge in [-0.3, -0.25) is 38.5 Å². The zero-order chi connectivity index (χ0) is 27.8. The van der Waals surface area contributed by atoms with Gasteiger partial charge >= 0.3 is 0 Å². The lowest BCUT2D eigenvalue weighted by Crippen LogP contribution is -2.45. The molecule has 1 rings (SSSR count). The first-order valence-electron chi connectivity index (χ1n) is 12.7. The lowest BCUT2D eigenvalue weighted by atomic mass is 9.94. The second kappa shape index (κ2) is 17.0. The number of unbranched alkanes of at least 4 members (excludes halogenated alkanes) is 2. The van der Waals surface area contributed by atoms with Crippen molar-refractivity contribution in [3.63, 3.8) is 0 Å². The van der Waals surface area contributed by atoms with Crippen molar-refractivity contribution in [1.82, 2.24) is 31.5 Å². The third kappa shape index (κ3) is 12.8. The average Bonchev–Trinajstić information content (AvgIpc) is 3.15. The second-order valence-electron chi connectivity index (χ2n) is 9.21. The second-order valence-corrected chi connectivity index (χ2v) is 9.21. The van der Waals surface area contributed by atoms with Gasteiger partial charge in [0.05, 0.1) is 26.2 Å². The van der Waals surface area contributed by atoms with Crippen molar-refractivity contribution in [2.24, 2.45) is 11.8 Å². The Hall–Kier alpha value is -3.51. The van der Waals surface area contributed by atoms with Gasteiger partial charge < -0.3 is 26.6 Å². The molecule has 0 saturated carbocycles. The van der Waals surface area contributed by atoms with Crippen LogP contribution in [0.5, 0.6) is 0 Å². The fourth-order valence-electron chi connectivity index (χ4n) is 3.51. The normalized spacial score (nSPS) is 14.9. The van der Waals surface area contributed by atoms with Gasteiger partial charge in [0.25, 0.3) is 0 Å². The van der Waals surface area contributed by atoms with Gasteiger partial charge in [0, 0.05) is 31.8 Å². The summed E-state index contributed by atoms with van der Waals surface area (Å²) in [6.45, 7) is 5.41. The molecule has 0 bridgehead atoms. The van der Waals surface area contributed by atoms with Crippen LogP contribution >= 0.6 is 0 Å². The molecule has 13 heteroatoms. The number of carbonyl (C=O) groups is 7. The molecule has 0 aromatic heterocycles. The molecule has 0 spiro atoms. The molecule has 0 radical (unpaired) electrons. The first-order valence-corrected chi connectivity index (χ1v) is 12.7. The minimum Gasteiger partial charge on any atom is -0.355 e. The Balaban J connectivity index is 2.09. The molecule has 0 aromatic carbocycles. The van der Waals surface area contributed by atoms with E-state index in [0.29, 0.717) is 32.4 Å². The maximum atomic E-state index is 12.3. The van der Waals surface area contributed by atoms with Crippen LogP contribution in [0.3, 0.4) is 0 Å². The summed E-state index contributed by atoms with van der Waals surface area (Å²) >= 11 is 0. The number of rotatable bonds is 17. The minimum atomic E-state index is -0.597. The molecule has 1 heterocycles. The van der Waals surface area contributed by atoms with E-state index in [1.54, 1.807) is 0 Å². The van der Waals surface area contributed by atoms with Crippen LogP contribution in [-0.2, 0) is 33.6 Å². The van der Waals surface area contributed by atoms with Crippen molar-refractivity contribution < 1.29 is 33.6 Å². The van der Waals surface area contributed by atoms with Gasteiger partial charge in [-0.15, -0.1) is 0 Å². The summed E-state index contributed by atoms with van der Waals surface area (Å²) in [4.78, 5) is 84.1. The molecule has 37 heavy (non-hydrogen) atoms. The molecule has 5 N–H and O–H groups in total. The van der Waals surface area contributed by atoms with Gasteiger partial charge in [-0.2, -0.15) is 0 Å². The molecule has 0 aromatic rings. The van der Waals surface area contributed by atoms with Crippen LogP contribution in [0.25, 0.3) is 0 Å². The highest BCUT2D eigenvalue weighted by atomic mass is 16.2. The molecule has 1 atom stereocenters. The molecule has 208 valence electrons. The van der Waals surface area contributed by atoms with E-state index in [9.17, 15) is 33.6 Å². The summed E-state index contributed by atoms with van der Waals surface area (Å²) < 4.78 is 0. The Morgan fingerprint density at radius 3 is 1.70 bits per heavy atom. The third-order valence-corrected chi connectivity index (χ3v) is 5.73. The van der Waals surface area contributed by atoms with Crippen molar-refractivity contribution in [1.29, 1.82) is 0 Å². The fraction of sp³-hybridized carbons (Fsp3) is 0.708. The van der Waals surface area contributed by atoms with E-state index in [1.807, 2.05) is 20.8 Å². The molecule has 1 aliphatic rings. The number of nitrogens with zero attached hydrogens (tertiary/aromatic N) is 1. The standard InChI is InChI=1S/C24H40N6O7/c1-4-9-25-19(32)12-27-21(34)14-29-22(35)15-28-20(33)13-26-18(31)8-6-5-7-10-30-23(36)11-17(16(2)3)24(30)37/h16-17H,4-15H2,1-3H3,(H,25,32)(H,26,31)(H,27,34)(H,28,33)(H,29,35). The molecule has 1 aliphatic heterocycles. The SMILES string of the molecule is CCCNC(=O)CNC(=O)CNC(=O)CNC(=O)CNC(=O)CCCCCN1C(=O)CC(C(C)C)C1=O. The van der Waals surface area contributed by atoms with E-state index >= 15 is 0 Å². The number of hydrogen-bond donors (Lipinski definition) is 5. The largest absolute Gasteiger partial charge is 0.355 e. The Morgan fingerprint density at radius 1 is 0.757 bits per heavy atom. The van der Waals surface area contributed by atoms with Crippen LogP contribution in [0.15, 0.2) is 0 Å². The van der Waals surface area contributed by atoms with Gasteiger partial charge in [-0.25, -0.2) is 0 Å². The van der Waals surface area contributed by atoms with E-state index in [-0.39, 0.29) is 74.5 Å². The quantitative estimate of drug-likeness (QED) is 0.114. The van der Waals surface area contributed by atoms with Crippen molar-refractivity contribution in [2.75, 3.05) is 39.3 Å². The molecule has 0 aliphatic carbocycles. The van der Waals surface area contributed by atoms with Crippen molar-refractivity contribution in [3.8, 4) is 0 Å². The van der Waals surface area contributed by atoms with Crippen LogP contribution in [0, 0.1) is 11.8 Å². The average molecular weight is 525 g/mol. The smallest absolute Gasteiger partial charge is 0.239 e. The molecule has 7 amide bonds. The van der Waals surface area contributed by atoms with Gasteiger partial charge in [0.2, 0.25) is 41.4 Å². The number of amides is 7.